The molecule has 3 N–H and O–H groups in total. The summed E-state index contributed by atoms with van der Waals surface area (Å²) in [5, 5.41) is 5.10. The first-order valence-corrected chi connectivity index (χ1v) is 6.80. The van der Waals surface area contributed by atoms with Gasteiger partial charge in [0.25, 0.3) is 0 Å². The molecular formula is C11H18Cl2N4O2S. The molecule has 114 valence electrons. The summed E-state index contributed by atoms with van der Waals surface area (Å²) < 4.78 is 0. The molecule has 1 aliphatic heterocycles. The molecule has 2 amide bonds. The molecular weight excluding hydrogens is 323 g/mol. The molecule has 1 fully saturated rings. The normalized spacial score (nSPS) is 17.1. The Balaban J connectivity index is 0.00000180. The van der Waals surface area contributed by atoms with Gasteiger partial charge in [-0.3, -0.25) is 9.59 Å². The van der Waals surface area contributed by atoms with E-state index in [0.29, 0.717) is 31.1 Å². The molecule has 0 bridgehead atoms. The summed E-state index contributed by atoms with van der Waals surface area (Å²) in [5.41, 5.74) is 5.37. The maximum absolute atomic E-state index is 12.1. The van der Waals surface area contributed by atoms with Gasteiger partial charge in [-0.05, 0) is 12.8 Å². The zero-order valence-electron chi connectivity index (χ0n) is 10.8. The van der Waals surface area contributed by atoms with Crippen LogP contribution in [0.25, 0.3) is 0 Å². The molecule has 20 heavy (non-hydrogen) atoms. The summed E-state index contributed by atoms with van der Waals surface area (Å²) in [6.07, 6.45) is 3.48. The van der Waals surface area contributed by atoms with Crippen LogP contribution in [0.5, 0.6) is 0 Å². The molecule has 1 aromatic heterocycles. The zero-order chi connectivity index (χ0) is 13.0. The van der Waals surface area contributed by atoms with Gasteiger partial charge in [0.15, 0.2) is 5.13 Å². The van der Waals surface area contributed by atoms with E-state index >= 15 is 0 Å². The van der Waals surface area contributed by atoms with Crippen molar-refractivity contribution in [3.05, 3.63) is 11.6 Å². The van der Waals surface area contributed by atoms with Crippen molar-refractivity contribution in [2.45, 2.75) is 25.3 Å². The number of halogens is 2. The second-order valence-corrected chi connectivity index (χ2v) is 5.00. The number of amides is 2. The maximum Gasteiger partial charge on any atom is 0.248 e. The van der Waals surface area contributed by atoms with Crippen molar-refractivity contribution >= 4 is 53.1 Å². The predicted molar refractivity (Wildman–Crippen MR) is 83.6 cm³/mol. The number of carbonyl (C=O) groups excluding carboxylic acids is 2. The third-order valence-electron chi connectivity index (χ3n) is 2.90. The lowest BCUT2D eigenvalue weighted by Gasteiger charge is -2.23. The minimum atomic E-state index is -0.382. The van der Waals surface area contributed by atoms with Crippen LogP contribution in [0.4, 0.5) is 5.13 Å². The van der Waals surface area contributed by atoms with Gasteiger partial charge in [-0.2, -0.15) is 0 Å². The Bertz CT molecular complexity index is 430. The van der Waals surface area contributed by atoms with E-state index in [4.69, 9.17) is 5.73 Å². The largest absolute Gasteiger partial charge is 0.331 e. The summed E-state index contributed by atoms with van der Waals surface area (Å²) in [6, 6.07) is -0.382. The molecule has 1 saturated heterocycles. The Morgan fingerprint density at radius 2 is 2.25 bits per heavy atom. The van der Waals surface area contributed by atoms with Gasteiger partial charge in [0.2, 0.25) is 11.8 Å². The third kappa shape index (κ3) is 4.59. The lowest BCUT2D eigenvalue weighted by molar-refractivity contribution is -0.136. The molecule has 2 rings (SSSR count). The van der Waals surface area contributed by atoms with Gasteiger partial charge in [-0.25, -0.2) is 4.98 Å². The Morgan fingerprint density at radius 3 is 2.85 bits per heavy atom. The van der Waals surface area contributed by atoms with Crippen LogP contribution < -0.4 is 11.1 Å². The summed E-state index contributed by atoms with van der Waals surface area (Å²) in [6.45, 7) is 0.949. The number of nitrogens with zero attached hydrogens (tertiary/aromatic N) is 2. The van der Waals surface area contributed by atoms with Crippen molar-refractivity contribution in [2.75, 3.05) is 18.4 Å². The number of nitrogens with one attached hydrogen (secondary N) is 1. The predicted octanol–water partition coefficient (Wildman–Crippen LogP) is 1.26. The molecule has 1 aromatic rings. The van der Waals surface area contributed by atoms with E-state index in [9.17, 15) is 9.59 Å². The van der Waals surface area contributed by atoms with E-state index in [0.717, 1.165) is 6.42 Å². The average Bonchev–Trinajstić information content (AvgIpc) is 2.99. The van der Waals surface area contributed by atoms with Crippen LogP contribution in [0.15, 0.2) is 11.6 Å². The molecule has 0 aliphatic carbocycles. The SMILES string of the molecule is Cl.Cl.NCCC(=O)N1CCCC1C(=O)Nc1nccs1. The van der Waals surface area contributed by atoms with Gasteiger partial charge in [-0.1, -0.05) is 0 Å². The number of thiazole rings is 1. The van der Waals surface area contributed by atoms with E-state index in [1.165, 1.54) is 11.3 Å². The van der Waals surface area contributed by atoms with Crippen LogP contribution in [0, 0.1) is 0 Å². The number of hydrogen-bond donors (Lipinski definition) is 2. The van der Waals surface area contributed by atoms with Crippen LogP contribution >= 0.6 is 36.2 Å². The van der Waals surface area contributed by atoms with Gasteiger partial charge in [0.05, 0.1) is 0 Å². The number of anilines is 1. The number of rotatable bonds is 4. The van der Waals surface area contributed by atoms with Crippen molar-refractivity contribution in [2.24, 2.45) is 5.73 Å². The third-order valence-corrected chi connectivity index (χ3v) is 3.58. The fourth-order valence-electron chi connectivity index (χ4n) is 2.08. The molecule has 2 heterocycles. The van der Waals surface area contributed by atoms with Gasteiger partial charge in [0.1, 0.15) is 6.04 Å². The second-order valence-electron chi connectivity index (χ2n) is 4.11. The Labute approximate surface area is 133 Å². The highest BCUT2D eigenvalue weighted by Crippen LogP contribution is 2.20. The standard InChI is InChI=1S/C11H16N4O2S.2ClH/c12-4-3-9(16)15-6-1-2-8(15)10(17)14-11-13-5-7-18-11;;/h5,7-8H,1-4,6,12H2,(H,13,14,17);2*1H. The summed E-state index contributed by atoms with van der Waals surface area (Å²) >= 11 is 1.36. The molecule has 0 radical (unpaired) electrons. The van der Waals surface area contributed by atoms with Crippen molar-refractivity contribution in [3.8, 4) is 0 Å². The lowest BCUT2D eigenvalue weighted by Crippen LogP contribution is -2.43. The Kier molecular flexibility index (Phi) is 8.71. The second kappa shape index (κ2) is 9.12. The minimum Gasteiger partial charge on any atom is -0.331 e. The van der Waals surface area contributed by atoms with Crippen molar-refractivity contribution in [3.63, 3.8) is 0 Å². The first kappa shape index (κ1) is 19.1. The van der Waals surface area contributed by atoms with Crippen molar-refractivity contribution in [1.82, 2.24) is 9.88 Å². The molecule has 0 spiro atoms. The van der Waals surface area contributed by atoms with E-state index in [1.54, 1.807) is 16.5 Å². The van der Waals surface area contributed by atoms with E-state index in [2.05, 4.69) is 10.3 Å². The molecule has 1 unspecified atom stereocenters. The lowest BCUT2D eigenvalue weighted by atomic mass is 10.2. The van der Waals surface area contributed by atoms with E-state index in [-0.39, 0.29) is 42.7 Å². The van der Waals surface area contributed by atoms with Gasteiger partial charge >= 0.3 is 0 Å². The highest BCUT2D eigenvalue weighted by Gasteiger charge is 2.33. The molecule has 6 nitrogen and oxygen atoms in total. The molecule has 0 aromatic carbocycles. The highest BCUT2D eigenvalue weighted by molar-refractivity contribution is 7.13. The zero-order valence-corrected chi connectivity index (χ0v) is 13.2. The maximum atomic E-state index is 12.1. The van der Waals surface area contributed by atoms with Crippen molar-refractivity contribution < 1.29 is 9.59 Å². The Morgan fingerprint density at radius 1 is 1.50 bits per heavy atom. The van der Waals surface area contributed by atoms with Gasteiger partial charge in [-0.15, -0.1) is 36.2 Å². The monoisotopic (exact) mass is 340 g/mol. The number of likely N-dealkylation sites (tertiary alicyclic amines) is 1. The number of aromatic nitrogens is 1. The van der Waals surface area contributed by atoms with Crippen LogP contribution in [-0.4, -0.2) is 40.8 Å². The molecule has 1 aliphatic rings. The summed E-state index contributed by atoms with van der Waals surface area (Å²) in [7, 11) is 0. The molecule has 0 saturated carbocycles. The van der Waals surface area contributed by atoms with Crippen LogP contribution in [-0.2, 0) is 9.59 Å². The van der Waals surface area contributed by atoms with E-state index in [1.807, 2.05) is 0 Å². The topological polar surface area (TPSA) is 88.3 Å². The number of nitrogens with two attached hydrogens (primary N) is 1. The van der Waals surface area contributed by atoms with Gasteiger partial charge in [0, 0.05) is 31.1 Å². The fourth-order valence-corrected chi connectivity index (χ4v) is 2.61. The average molecular weight is 341 g/mol. The molecule has 9 heteroatoms. The first-order valence-electron chi connectivity index (χ1n) is 5.92. The van der Waals surface area contributed by atoms with Crippen LogP contribution in [0.1, 0.15) is 19.3 Å². The van der Waals surface area contributed by atoms with E-state index < -0.39 is 0 Å². The Hall–Kier alpha value is -0.890. The number of hydrogen-bond acceptors (Lipinski definition) is 5. The fraction of sp³-hybridized carbons (Fsp3) is 0.545. The molecule has 1 atom stereocenters. The number of carbonyl (C=O) groups is 2. The summed E-state index contributed by atoms with van der Waals surface area (Å²) in [4.78, 5) is 29.5. The van der Waals surface area contributed by atoms with Crippen LogP contribution in [0.2, 0.25) is 0 Å². The van der Waals surface area contributed by atoms with Crippen LogP contribution in [0.3, 0.4) is 0 Å². The van der Waals surface area contributed by atoms with Gasteiger partial charge < -0.3 is 16.0 Å². The minimum absolute atomic E-state index is 0. The quantitative estimate of drug-likeness (QED) is 0.863. The highest BCUT2D eigenvalue weighted by atomic mass is 35.5. The van der Waals surface area contributed by atoms with Crippen molar-refractivity contribution in [1.29, 1.82) is 0 Å². The summed E-state index contributed by atoms with van der Waals surface area (Å²) in [5.74, 6) is -0.206. The smallest absolute Gasteiger partial charge is 0.248 e. The first-order chi connectivity index (χ1) is 8.72.